The first-order valence-corrected chi connectivity index (χ1v) is 5.91. The van der Waals surface area contributed by atoms with Gasteiger partial charge in [0.05, 0.1) is 6.04 Å². The Morgan fingerprint density at radius 1 is 1.47 bits per heavy atom. The second kappa shape index (κ2) is 4.97. The molecule has 0 aromatic rings. The third-order valence-electron chi connectivity index (χ3n) is 3.16. The number of amides is 1. The normalized spacial score (nSPS) is 27.7. The molecule has 0 spiro atoms. The molecule has 88 valence electrons. The van der Waals surface area contributed by atoms with Crippen molar-refractivity contribution >= 4 is 5.91 Å². The van der Waals surface area contributed by atoms with E-state index < -0.39 is 0 Å². The summed E-state index contributed by atoms with van der Waals surface area (Å²) in [6.45, 7) is 7.72. The minimum atomic E-state index is -0.199. The SMILES string of the molecule is CC(C)(C)CCC1CCNC(C(N)=O)C1. The maximum Gasteiger partial charge on any atom is 0.234 e. The number of primary amides is 1. The van der Waals surface area contributed by atoms with Gasteiger partial charge < -0.3 is 11.1 Å². The highest BCUT2D eigenvalue weighted by molar-refractivity contribution is 5.79. The summed E-state index contributed by atoms with van der Waals surface area (Å²) in [5, 5.41) is 3.17. The molecule has 1 amide bonds. The lowest BCUT2D eigenvalue weighted by molar-refractivity contribution is -0.120. The third-order valence-corrected chi connectivity index (χ3v) is 3.16. The molecule has 1 aliphatic rings. The Morgan fingerprint density at radius 2 is 2.13 bits per heavy atom. The number of carbonyl (C=O) groups is 1. The molecule has 15 heavy (non-hydrogen) atoms. The molecular weight excluding hydrogens is 188 g/mol. The summed E-state index contributed by atoms with van der Waals surface area (Å²) in [6, 6.07) is -0.0938. The number of hydrogen-bond donors (Lipinski definition) is 2. The van der Waals surface area contributed by atoms with E-state index in [4.69, 9.17) is 5.73 Å². The summed E-state index contributed by atoms with van der Waals surface area (Å²) >= 11 is 0. The van der Waals surface area contributed by atoms with E-state index in [2.05, 4.69) is 26.1 Å². The highest BCUT2D eigenvalue weighted by Crippen LogP contribution is 2.28. The van der Waals surface area contributed by atoms with E-state index in [0.29, 0.717) is 11.3 Å². The zero-order valence-corrected chi connectivity index (χ0v) is 10.2. The Kier molecular flexibility index (Phi) is 4.14. The molecule has 0 bridgehead atoms. The highest BCUT2D eigenvalue weighted by atomic mass is 16.1. The molecule has 0 aromatic heterocycles. The molecule has 1 fully saturated rings. The zero-order chi connectivity index (χ0) is 11.5. The van der Waals surface area contributed by atoms with Crippen LogP contribution in [0.5, 0.6) is 0 Å². The van der Waals surface area contributed by atoms with E-state index >= 15 is 0 Å². The van der Waals surface area contributed by atoms with Gasteiger partial charge in [-0.25, -0.2) is 0 Å². The Balaban J connectivity index is 2.34. The average Bonchev–Trinajstić information content (AvgIpc) is 2.14. The van der Waals surface area contributed by atoms with Gasteiger partial charge in [0.1, 0.15) is 0 Å². The summed E-state index contributed by atoms with van der Waals surface area (Å²) in [6.07, 6.45) is 4.55. The molecule has 2 unspecified atom stereocenters. The van der Waals surface area contributed by atoms with E-state index in [1.165, 1.54) is 19.3 Å². The van der Waals surface area contributed by atoms with Crippen molar-refractivity contribution in [3.05, 3.63) is 0 Å². The molecule has 3 N–H and O–H groups in total. The topological polar surface area (TPSA) is 55.1 Å². The smallest absolute Gasteiger partial charge is 0.234 e. The van der Waals surface area contributed by atoms with Crippen LogP contribution < -0.4 is 11.1 Å². The second-order valence-corrected chi connectivity index (χ2v) is 5.90. The molecular formula is C12H24N2O. The number of nitrogens with one attached hydrogen (secondary N) is 1. The minimum Gasteiger partial charge on any atom is -0.368 e. The molecule has 1 aliphatic heterocycles. The van der Waals surface area contributed by atoms with Crippen LogP contribution in [-0.4, -0.2) is 18.5 Å². The Morgan fingerprint density at radius 3 is 2.67 bits per heavy atom. The maximum absolute atomic E-state index is 11.1. The molecule has 1 saturated heterocycles. The Hall–Kier alpha value is -0.570. The van der Waals surface area contributed by atoms with Crippen molar-refractivity contribution in [3.8, 4) is 0 Å². The van der Waals surface area contributed by atoms with Crippen molar-refractivity contribution in [2.24, 2.45) is 17.1 Å². The lowest BCUT2D eigenvalue weighted by Gasteiger charge is -2.30. The fraction of sp³-hybridized carbons (Fsp3) is 0.917. The Labute approximate surface area is 92.8 Å². The predicted molar refractivity (Wildman–Crippen MR) is 62.4 cm³/mol. The summed E-state index contributed by atoms with van der Waals surface area (Å²) in [5.41, 5.74) is 5.71. The largest absolute Gasteiger partial charge is 0.368 e. The van der Waals surface area contributed by atoms with Crippen LogP contribution in [0.2, 0.25) is 0 Å². The zero-order valence-electron chi connectivity index (χ0n) is 10.2. The Bertz CT molecular complexity index is 220. The quantitative estimate of drug-likeness (QED) is 0.747. The van der Waals surface area contributed by atoms with Gasteiger partial charge in [-0.15, -0.1) is 0 Å². The summed E-state index contributed by atoms with van der Waals surface area (Å²) in [7, 11) is 0. The van der Waals surface area contributed by atoms with Crippen LogP contribution in [0.1, 0.15) is 46.5 Å². The van der Waals surface area contributed by atoms with Crippen molar-refractivity contribution in [2.45, 2.75) is 52.5 Å². The number of hydrogen-bond acceptors (Lipinski definition) is 2. The van der Waals surface area contributed by atoms with Crippen LogP contribution >= 0.6 is 0 Å². The van der Waals surface area contributed by atoms with E-state index in [1.807, 2.05) is 0 Å². The summed E-state index contributed by atoms with van der Waals surface area (Å²) < 4.78 is 0. The number of rotatable bonds is 3. The van der Waals surface area contributed by atoms with Gasteiger partial charge in [-0.05, 0) is 43.6 Å². The highest BCUT2D eigenvalue weighted by Gasteiger charge is 2.25. The van der Waals surface area contributed by atoms with Gasteiger partial charge in [-0.1, -0.05) is 20.8 Å². The average molecular weight is 212 g/mol. The number of carbonyl (C=O) groups excluding carboxylic acids is 1. The van der Waals surface area contributed by atoms with Crippen LogP contribution in [0.25, 0.3) is 0 Å². The first-order valence-electron chi connectivity index (χ1n) is 5.91. The fourth-order valence-corrected chi connectivity index (χ4v) is 2.11. The second-order valence-electron chi connectivity index (χ2n) is 5.90. The summed E-state index contributed by atoms with van der Waals surface area (Å²) in [5.74, 6) is 0.471. The predicted octanol–water partition coefficient (Wildman–Crippen LogP) is 1.67. The maximum atomic E-state index is 11.1. The van der Waals surface area contributed by atoms with Gasteiger partial charge in [0, 0.05) is 0 Å². The van der Waals surface area contributed by atoms with Crippen molar-refractivity contribution in [3.63, 3.8) is 0 Å². The molecule has 0 radical (unpaired) electrons. The lowest BCUT2D eigenvalue weighted by atomic mass is 9.82. The van der Waals surface area contributed by atoms with Gasteiger partial charge in [-0.2, -0.15) is 0 Å². The number of piperidine rings is 1. The fourth-order valence-electron chi connectivity index (χ4n) is 2.11. The molecule has 0 aliphatic carbocycles. The van der Waals surface area contributed by atoms with Gasteiger partial charge in [0.25, 0.3) is 0 Å². The van der Waals surface area contributed by atoms with E-state index in [0.717, 1.165) is 13.0 Å². The van der Waals surface area contributed by atoms with Crippen molar-refractivity contribution < 1.29 is 4.79 Å². The van der Waals surface area contributed by atoms with Crippen LogP contribution in [0.15, 0.2) is 0 Å². The molecule has 3 nitrogen and oxygen atoms in total. The first kappa shape index (κ1) is 12.5. The van der Waals surface area contributed by atoms with Gasteiger partial charge >= 0.3 is 0 Å². The van der Waals surface area contributed by atoms with Gasteiger partial charge in [-0.3, -0.25) is 4.79 Å². The van der Waals surface area contributed by atoms with Crippen molar-refractivity contribution in [1.29, 1.82) is 0 Å². The first-order chi connectivity index (χ1) is 6.88. The van der Waals surface area contributed by atoms with Crippen LogP contribution in [0, 0.1) is 11.3 Å². The third kappa shape index (κ3) is 4.65. The lowest BCUT2D eigenvalue weighted by Crippen LogP contribution is -2.46. The molecule has 1 rings (SSSR count). The molecule has 1 heterocycles. The monoisotopic (exact) mass is 212 g/mol. The van der Waals surface area contributed by atoms with E-state index in [1.54, 1.807) is 0 Å². The minimum absolute atomic E-state index is 0.0938. The molecule has 0 aromatic carbocycles. The standard InChI is InChI=1S/C12H24N2O/c1-12(2,3)6-4-9-5-7-14-10(8-9)11(13)15/h9-10,14H,4-8H2,1-3H3,(H2,13,15). The van der Waals surface area contributed by atoms with E-state index in [9.17, 15) is 4.79 Å². The summed E-state index contributed by atoms with van der Waals surface area (Å²) in [4.78, 5) is 11.1. The van der Waals surface area contributed by atoms with Crippen LogP contribution in [0.4, 0.5) is 0 Å². The van der Waals surface area contributed by atoms with Crippen molar-refractivity contribution in [2.75, 3.05) is 6.54 Å². The van der Waals surface area contributed by atoms with E-state index in [-0.39, 0.29) is 11.9 Å². The van der Waals surface area contributed by atoms with Gasteiger partial charge in [0.2, 0.25) is 5.91 Å². The van der Waals surface area contributed by atoms with Crippen LogP contribution in [-0.2, 0) is 4.79 Å². The number of nitrogens with two attached hydrogens (primary N) is 1. The van der Waals surface area contributed by atoms with Crippen LogP contribution in [0.3, 0.4) is 0 Å². The molecule has 0 saturated carbocycles. The molecule has 3 heteroatoms. The van der Waals surface area contributed by atoms with Gasteiger partial charge in [0.15, 0.2) is 0 Å². The van der Waals surface area contributed by atoms with Crippen molar-refractivity contribution in [1.82, 2.24) is 5.32 Å². The molecule has 2 atom stereocenters.